The van der Waals surface area contributed by atoms with Gasteiger partial charge in [-0.1, -0.05) is 18.2 Å². The zero-order valence-electron chi connectivity index (χ0n) is 8.09. The number of sulfonamides is 1. The van der Waals surface area contributed by atoms with Crippen molar-refractivity contribution < 1.29 is 13.2 Å². The van der Waals surface area contributed by atoms with Crippen molar-refractivity contribution in [3.05, 3.63) is 29.8 Å². The van der Waals surface area contributed by atoms with Gasteiger partial charge < -0.3 is 4.74 Å². The van der Waals surface area contributed by atoms with Crippen molar-refractivity contribution in [2.75, 3.05) is 19.8 Å². The van der Waals surface area contributed by atoms with Crippen molar-refractivity contribution >= 4 is 10.0 Å². The fourth-order valence-corrected chi connectivity index (χ4v) is 4.07. The highest BCUT2D eigenvalue weighted by atomic mass is 32.2. The van der Waals surface area contributed by atoms with Gasteiger partial charge in [-0.3, -0.25) is 0 Å². The number of morpholine rings is 1. The summed E-state index contributed by atoms with van der Waals surface area (Å²) in [6.45, 7) is 1.42. The van der Waals surface area contributed by atoms with E-state index in [1.807, 2.05) is 12.1 Å². The summed E-state index contributed by atoms with van der Waals surface area (Å²) in [6, 6.07) is 7.05. The molecule has 1 aromatic rings. The minimum absolute atomic E-state index is 0.111. The number of ether oxygens (including phenoxy) is 1. The molecule has 1 aromatic carbocycles. The molecule has 0 unspecified atom stereocenters. The molecule has 2 aliphatic heterocycles. The van der Waals surface area contributed by atoms with Gasteiger partial charge in [0.2, 0.25) is 10.0 Å². The van der Waals surface area contributed by atoms with Gasteiger partial charge in [0.05, 0.1) is 24.2 Å². The maximum absolute atomic E-state index is 12.1. The first-order valence-corrected chi connectivity index (χ1v) is 6.34. The van der Waals surface area contributed by atoms with Crippen molar-refractivity contribution in [3.8, 4) is 0 Å². The van der Waals surface area contributed by atoms with Gasteiger partial charge in [-0.25, -0.2) is 8.42 Å². The summed E-state index contributed by atoms with van der Waals surface area (Å²) in [5.41, 5.74) is 0.872. The summed E-state index contributed by atoms with van der Waals surface area (Å²) in [4.78, 5) is 0.445. The van der Waals surface area contributed by atoms with Crippen LogP contribution in [0.2, 0.25) is 0 Å². The lowest BCUT2D eigenvalue weighted by atomic mass is 10.1. The monoisotopic (exact) mass is 225 g/mol. The molecule has 1 fully saturated rings. The Hall–Kier alpha value is -0.910. The van der Waals surface area contributed by atoms with Gasteiger partial charge in [0.15, 0.2) is 0 Å². The molecule has 1 saturated heterocycles. The maximum Gasteiger partial charge on any atom is 0.244 e. The van der Waals surface area contributed by atoms with Gasteiger partial charge in [-0.2, -0.15) is 4.31 Å². The van der Waals surface area contributed by atoms with Crippen LogP contribution >= 0.6 is 0 Å². The van der Waals surface area contributed by atoms with Crippen molar-refractivity contribution in [3.63, 3.8) is 0 Å². The molecule has 5 heteroatoms. The number of fused-ring (bicyclic) bond motifs is 3. The van der Waals surface area contributed by atoms with E-state index in [0.717, 1.165) is 5.56 Å². The van der Waals surface area contributed by atoms with E-state index in [-0.39, 0.29) is 6.04 Å². The van der Waals surface area contributed by atoms with Crippen LogP contribution in [0.1, 0.15) is 11.6 Å². The molecule has 4 nitrogen and oxygen atoms in total. The number of benzene rings is 1. The van der Waals surface area contributed by atoms with Crippen LogP contribution in [0.5, 0.6) is 0 Å². The van der Waals surface area contributed by atoms with Crippen LogP contribution in [-0.2, 0) is 14.8 Å². The molecule has 0 aliphatic carbocycles. The van der Waals surface area contributed by atoms with Crippen LogP contribution in [0.4, 0.5) is 0 Å². The highest BCUT2D eigenvalue weighted by Crippen LogP contribution is 2.40. The van der Waals surface area contributed by atoms with Crippen LogP contribution < -0.4 is 0 Å². The average molecular weight is 225 g/mol. The van der Waals surface area contributed by atoms with Gasteiger partial charge in [-0.15, -0.1) is 0 Å². The Morgan fingerprint density at radius 1 is 1.33 bits per heavy atom. The van der Waals surface area contributed by atoms with Crippen LogP contribution in [0.15, 0.2) is 29.2 Å². The predicted octanol–water partition coefficient (Wildman–Crippen LogP) is 0.762. The quantitative estimate of drug-likeness (QED) is 0.655. The maximum atomic E-state index is 12.1. The highest BCUT2D eigenvalue weighted by Gasteiger charge is 2.43. The number of hydrogen-bond acceptors (Lipinski definition) is 3. The molecule has 0 radical (unpaired) electrons. The molecule has 2 heterocycles. The first-order valence-electron chi connectivity index (χ1n) is 4.90. The Labute approximate surface area is 88.5 Å². The molecule has 2 aliphatic rings. The topological polar surface area (TPSA) is 46.6 Å². The van der Waals surface area contributed by atoms with Crippen LogP contribution in [-0.4, -0.2) is 32.5 Å². The second kappa shape index (κ2) is 3.04. The second-order valence-electron chi connectivity index (χ2n) is 3.74. The first-order chi connectivity index (χ1) is 7.21. The van der Waals surface area contributed by atoms with Crippen molar-refractivity contribution in [2.24, 2.45) is 0 Å². The molecule has 0 aromatic heterocycles. The molecule has 1 atom stereocenters. The Balaban J connectivity index is 2.22. The Morgan fingerprint density at radius 3 is 3.00 bits per heavy atom. The fraction of sp³-hybridized carbons (Fsp3) is 0.400. The minimum atomic E-state index is -3.25. The predicted molar refractivity (Wildman–Crippen MR) is 53.9 cm³/mol. The molecular weight excluding hydrogens is 214 g/mol. The van der Waals surface area contributed by atoms with Gasteiger partial charge in [0.1, 0.15) is 0 Å². The van der Waals surface area contributed by atoms with E-state index in [1.165, 1.54) is 0 Å². The summed E-state index contributed by atoms with van der Waals surface area (Å²) < 4.78 is 31.0. The standard InChI is InChI=1S/C10H11NO3S/c12-15(13)10-4-2-1-3-8(10)9-7-14-6-5-11(9)15/h1-4,9H,5-7H2/t9-/m1/s1. The van der Waals surface area contributed by atoms with E-state index in [4.69, 9.17) is 4.74 Å². The summed E-state index contributed by atoms with van der Waals surface area (Å²) in [7, 11) is -3.25. The van der Waals surface area contributed by atoms with Gasteiger partial charge in [0, 0.05) is 6.54 Å². The number of hydrogen-bond donors (Lipinski definition) is 0. The van der Waals surface area contributed by atoms with Crippen molar-refractivity contribution in [1.29, 1.82) is 0 Å². The molecule has 0 saturated carbocycles. The third-order valence-corrected chi connectivity index (χ3v) is 4.93. The van der Waals surface area contributed by atoms with Crippen molar-refractivity contribution in [1.82, 2.24) is 4.31 Å². The molecule has 0 bridgehead atoms. The van der Waals surface area contributed by atoms with Crippen LogP contribution in [0.3, 0.4) is 0 Å². The van der Waals surface area contributed by atoms with E-state index in [9.17, 15) is 8.42 Å². The zero-order chi connectivity index (χ0) is 10.5. The molecule has 3 rings (SSSR count). The largest absolute Gasteiger partial charge is 0.378 e. The molecule has 80 valence electrons. The number of nitrogens with zero attached hydrogens (tertiary/aromatic N) is 1. The SMILES string of the molecule is O=S1(=O)c2ccccc2[C@H]2COCCN21. The third-order valence-electron chi connectivity index (χ3n) is 2.94. The smallest absolute Gasteiger partial charge is 0.244 e. The highest BCUT2D eigenvalue weighted by molar-refractivity contribution is 7.89. The molecular formula is C10H11NO3S. The first kappa shape index (κ1) is 9.33. The van der Waals surface area contributed by atoms with E-state index >= 15 is 0 Å². The van der Waals surface area contributed by atoms with Gasteiger partial charge in [-0.05, 0) is 11.6 Å². The van der Waals surface area contributed by atoms with E-state index in [1.54, 1.807) is 16.4 Å². The van der Waals surface area contributed by atoms with Gasteiger partial charge >= 0.3 is 0 Å². The Kier molecular flexibility index (Phi) is 1.89. The van der Waals surface area contributed by atoms with Crippen LogP contribution in [0.25, 0.3) is 0 Å². The average Bonchev–Trinajstić information content (AvgIpc) is 2.51. The lowest BCUT2D eigenvalue weighted by Crippen LogP contribution is -2.38. The van der Waals surface area contributed by atoms with Crippen molar-refractivity contribution in [2.45, 2.75) is 10.9 Å². The van der Waals surface area contributed by atoms with Gasteiger partial charge in [0.25, 0.3) is 0 Å². The normalized spacial score (nSPS) is 28.4. The van der Waals surface area contributed by atoms with E-state index in [0.29, 0.717) is 24.7 Å². The second-order valence-corrected chi connectivity index (χ2v) is 5.60. The van der Waals surface area contributed by atoms with E-state index in [2.05, 4.69) is 0 Å². The lowest BCUT2D eigenvalue weighted by Gasteiger charge is -2.27. The summed E-state index contributed by atoms with van der Waals surface area (Å²) in [6.07, 6.45) is 0. The fourth-order valence-electron chi connectivity index (χ4n) is 2.24. The molecule has 15 heavy (non-hydrogen) atoms. The molecule has 0 amide bonds. The lowest BCUT2D eigenvalue weighted by molar-refractivity contribution is 0.0357. The molecule has 0 spiro atoms. The minimum Gasteiger partial charge on any atom is -0.378 e. The Morgan fingerprint density at radius 2 is 2.13 bits per heavy atom. The summed E-state index contributed by atoms with van der Waals surface area (Å²) in [5.74, 6) is 0. The summed E-state index contributed by atoms with van der Waals surface area (Å²) >= 11 is 0. The Bertz CT molecular complexity index is 497. The van der Waals surface area contributed by atoms with E-state index < -0.39 is 10.0 Å². The summed E-state index contributed by atoms with van der Waals surface area (Å²) in [5, 5.41) is 0. The number of rotatable bonds is 0. The van der Waals surface area contributed by atoms with Crippen LogP contribution in [0, 0.1) is 0 Å². The zero-order valence-corrected chi connectivity index (χ0v) is 8.90. The third kappa shape index (κ3) is 1.17. The molecule has 0 N–H and O–H groups in total.